The molecule has 120 valence electrons. The van der Waals surface area contributed by atoms with Crippen LogP contribution in [0.4, 0.5) is 0 Å². The van der Waals surface area contributed by atoms with Crippen molar-refractivity contribution < 1.29 is 12.6 Å². The quantitative estimate of drug-likeness (QED) is 0.782. The highest BCUT2D eigenvalue weighted by molar-refractivity contribution is 8.08. The number of benzene rings is 1. The maximum absolute atomic E-state index is 12.2. The SMILES string of the molecule is CC.CC(C)CS(=O)(=O)N1Cc2ccc(S(=O)Cl)cc2C1. The molecule has 0 bridgehead atoms. The molecular weight excluding hydrogens is 330 g/mol. The molecule has 4 nitrogen and oxygen atoms in total. The molecule has 1 heterocycles. The molecule has 21 heavy (non-hydrogen) atoms. The largest absolute Gasteiger partial charge is 0.237 e. The normalized spacial score (nSPS) is 16.3. The van der Waals surface area contributed by atoms with Gasteiger partial charge >= 0.3 is 0 Å². The minimum absolute atomic E-state index is 0.0969. The molecule has 1 aliphatic rings. The van der Waals surface area contributed by atoms with Crippen molar-refractivity contribution in [3.8, 4) is 0 Å². The first kappa shape index (κ1) is 18.6. The zero-order chi connectivity index (χ0) is 16.2. The number of halogens is 1. The summed E-state index contributed by atoms with van der Waals surface area (Å²) in [7, 11) is 0.746. The number of hydrogen-bond donors (Lipinski definition) is 0. The predicted octanol–water partition coefficient (Wildman–Crippen LogP) is 3.28. The monoisotopic (exact) mass is 351 g/mol. The van der Waals surface area contributed by atoms with Gasteiger partial charge in [0.2, 0.25) is 10.0 Å². The minimum Gasteiger partial charge on any atom is -0.237 e. The van der Waals surface area contributed by atoms with Crippen LogP contribution < -0.4 is 0 Å². The number of rotatable bonds is 4. The Labute approximate surface area is 134 Å². The van der Waals surface area contributed by atoms with Crippen molar-refractivity contribution >= 4 is 30.7 Å². The Morgan fingerprint density at radius 3 is 2.33 bits per heavy atom. The third kappa shape index (κ3) is 4.77. The van der Waals surface area contributed by atoms with E-state index in [1.807, 2.05) is 27.7 Å². The van der Waals surface area contributed by atoms with E-state index in [4.69, 9.17) is 10.7 Å². The van der Waals surface area contributed by atoms with Gasteiger partial charge in [0.05, 0.1) is 10.6 Å². The summed E-state index contributed by atoms with van der Waals surface area (Å²) >= 11 is 0. The highest BCUT2D eigenvalue weighted by atomic mass is 35.7. The molecule has 0 radical (unpaired) electrons. The molecule has 0 amide bonds. The first-order valence-electron chi connectivity index (χ1n) is 6.97. The van der Waals surface area contributed by atoms with Crippen molar-refractivity contribution in [1.29, 1.82) is 0 Å². The van der Waals surface area contributed by atoms with Crippen LogP contribution in [0.5, 0.6) is 0 Å². The van der Waals surface area contributed by atoms with Gasteiger partial charge in [0.1, 0.15) is 10.0 Å². The van der Waals surface area contributed by atoms with Crippen LogP contribution in [0.3, 0.4) is 0 Å². The van der Waals surface area contributed by atoms with E-state index >= 15 is 0 Å². The van der Waals surface area contributed by atoms with Gasteiger partial charge in [-0.1, -0.05) is 33.8 Å². The zero-order valence-corrected chi connectivity index (χ0v) is 15.2. The lowest BCUT2D eigenvalue weighted by molar-refractivity contribution is 0.426. The lowest BCUT2D eigenvalue weighted by Gasteiger charge is -2.16. The third-order valence-corrected chi connectivity index (χ3v) is 6.29. The topological polar surface area (TPSA) is 54.5 Å². The lowest BCUT2D eigenvalue weighted by atomic mass is 10.1. The first-order valence-corrected chi connectivity index (χ1v) is 10.6. The van der Waals surface area contributed by atoms with E-state index < -0.39 is 20.0 Å². The number of fused-ring (bicyclic) bond motifs is 1. The summed E-state index contributed by atoms with van der Waals surface area (Å²) in [5.41, 5.74) is 1.84. The summed E-state index contributed by atoms with van der Waals surface area (Å²) in [4.78, 5) is 0.517. The molecule has 1 unspecified atom stereocenters. The van der Waals surface area contributed by atoms with Gasteiger partial charge in [-0.25, -0.2) is 12.6 Å². The van der Waals surface area contributed by atoms with E-state index in [9.17, 15) is 12.6 Å². The average molecular weight is 352 g/mol. The van der Waals surface area contributed by atoms with Gasteiger partial charge in [-0.05, 0) is 39.9 Å². The Morgan fingerprint density at radius 1 is 1.24 bits per heavy atom. The smallest absolute Gasteiger partial charge is 0.214 e. The second kappa shape index (κ2) is 7.72. The van der Waals surface area contributed by atoms with E-state index in [1.165, 1.54) is 4.31 Å². The fourth-order valence-corrected chi connectivity index (χ4v) is 4.59. The van der Waals surface area contributed by atoms with Crippen LogP contribution in [0, 0.1) is 5.92 Å². The highest BCUT2D eigenvalue weighted by Crippen LogP contribution is 2.28. The van der Waals surface area contributed by atoms with Crippen molar-refractivity contribution in [3.63, 3.8) is 0 Å². The fraction of sp³-hybridized carbons (Fsp3) is 0.571. The Kier molecular flexibility index (Phi) is 6.84. The van der Waals surface area contributed by atoms with Crippen LogP contribution in [0.2, 0.25) is 0 Å². The van der Waals surface area contributed by atoms with Crippen molar-refractivity contribution in [2.45, 2.75) is 45.7 Å². The number of hydrogen-bond acceptors (Lipinski definition) is 3. The van der Waals surface area contributed by atoms with Gasteiger partial charge in [-0.2, -0.15) is 4.31 Å². The highest BCUT2D eigenvalue weighted by Gasteiger charge is 2.29. The van der Waals surface area contributed by atoms with Gasteiger partial charge in [-0.15, -0.1) is 0 Å². The molecule has 0 aromatic heterocycles. The van der Waals surface area contributed by atoms with Gasteiger partial charge in [-0.3, -0.25) is 0 Å². The van der Waals surface area contributed by atoms with Crippen molar-refractivity contribution in [3.05, 3.63) is 29.3 Å². The summed E-state index contributed by atoms with van der Waals surface area (Å²) < 4.78 is 37.0. The summed E-state index contributed by atoms with van der Waals surface area (Å²) in [5, 5.41) is 0. The number of sulfonamides is 1. The van der Waals surface area contributed by atoms with Crippen LogP contribution in [-0.4, -0.2) is 22.7 Å². The van der Waals surface area contributed by atoms with Crippen LogP contribution in [0.1, 0.15) is 38.8 Å². The molecule has 0 aliphatic carbocycles. The first-order chi connectivity index (χ1) is 9.79. The molecule has 1 aliphatic heterocycles. The standard InChI is InChI=1S/C12H16ClNO3S2.C2H6/c1-9(2)8-19(16,17)14-6-10-3-4-12(18(13)15)5-11(10)7-14;1-2/h3-5,9H,6-8H2,1-2H3;1-2H3. The molecule has 0 N–H and O–H groups in total. The van der Waals surface area contributed by atoms with Gasteiger partial charge in [0, 0.05) is 13.1 Å². The minimum atomic E-state index is -3.24. The Bertz CT molecular complexity index is 615. The van der Waals surface area contributed by atoms with E-state index in [0.717, 1.165) is 11.1 Å². The molecular formula is C14H22ClNO3S2. The van der Waals surface area contributed by atoms with Crippen LogP contribution in [0.25, 0.3) is 0 Å². The number of nitrogens with zero attached hydrogens (tertiary/aromatic N) is 1. The fourth-order valence-electron chi connectivity index (χ4n) is 2.16. The predicted molar refractivity (Wildman–Crippen MR) is 87.9 cm³/mol. The molecule has 1 aromatic carbocycles. The van der Waals surface area contributed by atoms with Gasteiger partial charge < -0.3 is 0 Å². The molecule has 1 atom stereocenters. The zero-order valence-electron chi connectivity index (χ0n) is 12.8. The van der Waals surface area contributed by atoms with Gasteiger partial charge in [0.15, 0.2) is 0 Å². The summed E-state index contributed by atoms with van der Waals surface area (Å²) in [5.74, 6) is 0.245. The molecule has 0 spiro atoms. The maximum atomic E-state index is 12.2. The Balaban J connectivity index is 0.00000106. The average Bonchev–Trinajstić information content (AvgIpc) is 2.83. The molecule has 2 rings (SSSR count). The van der Waals surface area contributed by atoms with E-state index in [2.05, 4.69) is 0 Å². The van der Waals surface area contributed by atoms with Gasteiger partial charge in [0.25, 0.3) is 0 Å². The van der Waals surface area contributed by atoms with Crippen molar-refractivity contribution in [2.24, 2.45) is 5.92 Å². The maximum Gasteiger partial charge on any atom is 0.214 e. The summed E-state index contributed by atoms with van der Waals surface area (Å²) in [6, 6.07) is 5.21. The van der Waals surface area contributed by atoms with E-state index in [-0.39, 0.29) is 11.7 Å². The molecule has 1 aromatic rings. The van der Waals surface area contributed by atoms with Crippen molar-refractivity contribution in [1.82, 2.24) is 4.31 Å². The van der Waals surface area contributed by atoms with E-state index in [0.29, 0.717) is 18.0 Å². The Hall–Kier alpha value is -0.430. The van der Waals surface area contributed by atoms with Crippen LogP contribution in [0.15, 0.2) is 23.1 Å². The second-order valence-corrected chi connectivity index (χ2v) is 8.87. The third-order valence-electron chi connectivity index (χ3n) is 2.99. The van der Waals surface area contributed by atoms with E-state index in [1.54, 1.807) is 18.2 Å². The molecule has 0 saturated carbocycles. The molecule has 0 fully saturated rings. The lowest BCUT2D eigenvalue weighted by Crippen LogP contribution is -2.29. The van der Waals surface area contributed by atoms with Crippen molar-refractivity contribution in [2.75, 3.05) is 5.75 Å². The molecule has 0 saturated heterocycles. The Morgan fingerprint density at radius 2 is 1.81 bits per heavy atom. The van der Waals surface area contributed by atoms with Crippen LogP contribution in [-0.2, 0) is 33.1 Å². The second-order valence-electron chi connectivity index (χ2n) is 5.09. The van der Waals surface area contributed by atoms with Crippen LogP contribution >= 0.6 is 10.7 Å². The summed E-state index contributed by atoms with van der Waals surface area (Å²) in [6.07, 6.45) is 0. The molecule has 7 heteroatoms. The summed E-state index contributed by atoms with van der Waals surface area (Å²) in [6.45, 7) is 8.50.